The van der Waals surface area contributed by atoms with Gasteiger partial charge in [-0.05, 0) is 48.2 Å². The van der Waals surface area contributed by atoms with E-state index in [1.54, 1.807) is 19.1 Å². The highest BCUT2D eigenvalue weighted by Gasteiger charge is 2.14. The summed E-state index contributed by atoms with van der Waals surface area (Å²) < 4.78 is 0. The molecule has 0 radical (unpaired) electrons. The highest BCUT2D eigenvalue weighted by Crippen LogP contribution is 2.31. The number of hydrogen-bond donors (Lipinski definition) is 2. The molecule has 2 aromatic carbocycles. The number of phenolic OH excluding ortho intramolecular Hbond substituents is 1. The van der Waals surface area contributed by atoms with Gasteiger partial charge in [-0.15, -0.1) is 0 Å². The summed E-state index contributed by atoms with van der Waals surface area (Å²) >= 11 is 0. The lowest BCUT2D eigenvalue weighted by molar-refractivity contribution is -0.384. The Morgan fingerprint density at radius 3 is 2.35 bits per heavy atom. The van der Waals surface area contributed by atoms with Crippen LogP contribution in [0.4, 0.5) is 11.4 Å². The minimum absolute atomic E-state index is 0.0653. The Hall–Kier alpha value is -2.89. The van der Waals surface area contributed by atoms with E-state index in [1.807, 2.05) is 13.8 Å². The number of carbonyl (C=O) groups is 1. The van der Waals surface area contributed by atoms with Gasteiger partial charge in [-0.25, -0.2) is 0 Å². The number of aryl methyl sites for hydroxylation is 1. The molecule has 2 rings (SSSR count). The molecular formula is C17H18N2O4. The monoisotopic (exact) mass is 314 g/mol. The van der Waals surface area contributed by atoms with Crippen LogP contribution in [0.1, 0.15) is 41.3 Å². The fourth-order valence-corrected chi connectivity index (χ4v) is 2.24. The minimum atomic E-state index is -0.513. The number of nitro groups is 1. The maximum absolute atomic E-state index is 12.3. The molecule has 0 heterocycles. The Labute approximate surface area is 133 Å². The number of phenols is 1. The number of anilines is 1. The number of aromatic hydroxyl groups is 1. The summed E-state index contributed by atoms with van der Waals surface area (Å²) in [5.41, 5.74) is 2.35. The molecule has 2 N–H and O–H groups in total. The van der Waals surface area contributed by atoms with Gasteiger partial charge >= 0.3 is 0 Å². The highest BCUT2D eigenvalue weighted by atomic mass is 16.6. The van der Waals surface area contributed by atoms with E-state index in [2.05, 4.69) is 5.32 Å². The lowest BCUT2D eigenvalue weighted by atomic mass is 9.99. The van der Waals surface area contributed by atoms with E-state index in [4.69, 9.17) is 0 Å². The summed E-state index contributed by atoms with van der Waals surface area (Å²) in [5, 5.41) is 23.4. The maximum Gasteiger partial charge on any atom is 0.269 e. The van der Waals surface area contributed by atoms with Crippen molar-refractivity contribution in [2.45, 2.75) is 26.7 Å². The van der Waals surface area contributed by atoms with Gasteiger partial charge in [0.25, 0.3) is 11.6 Å². The van der Waals surface area contributed by atoms with Gasteiger partial charge in [-0.1, -0.05) is 13.8 Å². The van der Waals surface area contributed by atoms with Crippen molar-refractivity contribution in [3.05, 3.63) is 63.2 Å². The lowest BCUT2D eigenvalue weighted by Gasteiger charge is -2.14. The fraction of sp³-hybridized carbons (Fsp3) is 0.235. The molecule has 0 unspecified atom stereocenters. The number of nitrogens with zero attached hydrogens (tertiary/aromatic N) is 1. The fourth-order valence-electron chi connectivity index (χ4n) is 2.24. The topological polar surface area (TPSA) is 92.5 Å². The van der Waals surface area contributed by atoms with E-state index < -0.39 is 4.92 Å². The van der Waals surface area contributed by atoms with Gasteiger partial charge in [-0.2, -0.15) is 0 Å². The van der Waals surface area contributed by atoms with Gasteiger partial charge in [0.2, 0.25) is 0 Å². The van der Waals surface area contributed by atoms with Gasteiger partial charge in [0, 0.05) is 23.4 Å². The molecule has 0 aliphatic heterocycles. The first-order valence-corrected chi connectivity index (χ1v) is 7.19. The first-order valence-electron chi connectivity index (χ1n) is 7.19. The molecule has 0 aliphatic carbocycles. The summed E-state index contributed by atoms with van der Waals surface area (Å²) in [6, 6.07) is 8.76. The predicted octanol–water partition coefficient (Wildman–Crippen LogP) is 3.98. The smallest absolute Gasteiger partial charge is 0.269 e. The van der Waals surface area contributed by atoms with Crippen LogP contribution in [-0.2, 0) is 0 Å². The van der Waals surface area contributed by atoms with Gasteiger partial charge < -0.3 is 10.4 Å². The van der Waals surface area contributed by atoms with Crippen LogP contribution < -0.4 is 5.32 Å². The molecule has 2 aromatic rings. The number of nitrogens with one attached hydrogen (secondary N) is 1. The molecule has 0 bridgehead atoms. The van der Waals surface area contributed by atoms with E-state index in [1.165, 1.54) is 24.3 Å². The number of amides is 1. The van der Waals surface area contributed by atoms with Crippen LogP contribution in [-0.4, -0.2) is 15.9 Å². The molecular weight excluding hydrogens is 296 g/mol. The van der Waals surface area contributed by atoms with E-state index >= 15 is 0 Å². The Kier molecular flexibility index (Phi) is 4.64. The molecule has 0 saturated carbocycles. The molecule has 0 atom stereocenters. The quantitative estimate of drug-likeness (QED) is 0.507. The molecule has 0 fully saturated rings. The van der Waals surface area contributed by atoms with Crippen LogP contribution in [0, 0.1) is 17.0 Å². The molecule has 1 amide bonds. The van der Waals surface area contributed by atoms with Gasteiger partial charge in [0.15, 0.2) is 0 Å². The van der Waals surface area contributed by atoms with Gasteiger partial charge in [0.05, 0.1) is 4.92 Å². The molecule has 0 aliphatic rings. The van der Waals surface area contributed by atoms with Crippen molar-refractivity contribution in [1.29, 1.82) is 0 Å². The van der Waals surface area contributed by atoms with Crippen molar-refractivity contribution in [2.24, 2.45) is 0 Å². The SMILES string of the molecule is Cc1cc(O)c(C(C)C)cc1NC(=O)c1ccc([N+](=O)[O-])cc1. The summed E-state index contributed by atoms with van der Waals surface area (Å²) in [6.45, 7) is 5.69. The second kappa shape index (κ2) is 6.48. The highest BCUT2D eigenvalue weighted by molar-refractivity contribution is 6.04. The van der Waals surface area contributed by atoms with Crippen LogP contribution >= 0.6 is 0 Å². The van der Waals surface area contributed by atoms with Crippen molar-refractivity contribution >= 4 is 17.3 Å². The Bertz CT molecular complexity index is 752. The third kappa shape index (κ3) is 3.66. The third-order valence-corrected chi connectivity index (χ3v) is 3.58. The first-order chi connectivity index (χ1) is 10.8. The Balaban J connectivity index is 2.26. The normalized spacial score (nSPS) is 10.6. The Morgan fingerprint density at radius 1 is 1.22 bits per heavy atom. The molecule has 0 spiro atoms. The average molecular weight is 314 g/mol. The summed E-state index contributed by atoms with van der Waals surface area (Å²) in [4.78, 5) is 22.4. The van der Waals surface area contributed by atoms with E-state index in [0.717, 1.165) is 11.1 Å². The number of nitro benzene ring substituents is 1. The van der Waals surface area contributed by atoms with E-state index in [0.29, 0.717) is 11.3 Å². The van der Waals surface area contributed by atoms with E-state index in [9.17, 15) is 20.0 Å². The number of carbonyl (C=O) groups excluding carboxylic acids is 1. The molecule has 6 nitrogen and oxygen atoms in total. The number of hydrogen-bond acceptors (Lipinski definition) is 4. The zero-order valence-electron chi connectivity index (χ0n) is 13.2. The molecule has 23 heavy (non-hydrogen) atoms. The number of benzene rings is 2. The standard InChI is InChI=1S/C17H18N2O4/c1-10(2)14-9-15(11(3)8-16(14)20)18-17(21)12-4-6-13(7-5-12)19(22)23/h4-10,20H,1-3H3,(H,18,21). The molecule has 120 valence electrons. The largest absolute Gasteiger partial charge is 0.508 e. The van der Waals surface area contributed by atoms with Crippen molar-refractivity contribution < 1.29 is 14.8 Å². The second-order valence-corrected chi connectivity index (χ2v) is 5.64. The van der Waals surface area contributed by atoms with Crippen molar-refractivity contribution in [3.63, 3.8) is 0 Å². The lowest BCUT2D eigenvalue weighted by Crippen LogP contribution is -2.13. The van der Waals surface area contributed by atoms with Crippen molar-refractivity contribution in [3.8, 4) is 5.75 Å². The van der Waals surface area contributed by atoms with Gasteiger partial charge in [0.1, 0.15) is 5.75 Å². The average Bonchev–Trinajstić information content (AvgIpc) is 2.49. The van der Waals surface area contributed by atoms with E-state index in [-0.39, 0.29) is 23.3 Å². The Morgan fingerprint density at radius 2 is 1.83 bits per heavy atom. The molecule has 6 heteroatoms. The zero-order chi connectivity index (χ0) is 17.1. The minimum Gasteiger partial charge on any atom is -0.508 e. The first kappa shape index (κ1) is 16.5. The van der Waals surface area contributed by atoms with Crippen LogP contribution in [0.2, 0.25) is 0 Å². The molecule has 0 aromatic heterocycles. The van der Waals surface area contributed by atoms with Crippen LogP contribution in [0.25, 0.3) is 0 Å². The third-order valence-electron chi connectivity index (χ3n) is 3.58. The predicted molar refractivity (Wildman–Crippen MR) is 88.0 cm³/mol. The zero-order valence-corrected chi connectivity index (χ0v) is 13.2. The number of rotatable bonds is 4. The van der Waals surface area contributed by atoms with Crippen molar-refractivity contribution in [2.75, 3.05) is 5.32 Å². The number of non-ortho nitro benzene ring substituents is 1. The van der Waals surface area contributed by atoms with Crippen LogP contribution in [0.5, 0.6) is 5.75 Å². The summed E-state index contributed by atoms with van der Waals surface area (Å²) in [5.74, 6) is -0.0418. The van der Waals surface area contributed by atoms with Crippen LogP contribution in [0.15, 0.2) is 36.4 Å². The van der Waals surface area contributed by atoms with Crippen molar-refractivity contribution in [1.82, 2.24) is 0 Å². The summed E-state index contributed by atoms with van der Waals surface area (Å²) in [6.07, 6.45) is 0. The van der Waals surface area contributed by atoms with Crippen LogP contribution in [0.3, 0.4) is 0 Å². The van der Waals surface area contributed by atoms with Gasteiger partial charge in [-0.3, -0.25) is 14.9 Å². The summed E-state index contributed by atoms with van der Waals surface area (Å²) in [7, 11) is 0. The second-order valence-electron chi connectivity index (χ2n) is 5.64. The molecule has 0 saturated heterocycles. The maximum atomic E-state index is 12.3.